The van der Waals surface area contributed by atoms with Crippen molar-refractivity contribution in [3.63, 3.8) is 0 Å². The van der Waals surface area contributed by atoms with Crippen molar-refractivity contribution < 1.29 is 32.4 Å². The third-order valence-corrected chi connectivity index (χ3v) is 7.90. The molecule has 1 aromatic carbocycles. The number of hydrogen-bond donors (Lipinski definition) is 0. The Kier molecular flexibility index (Phi) is 5.54. The van der Waals surface area contributed by atoms with Gasteiger partial charge in [-0.3, -0.25) is 14.4 Å². The van der Waals surface area contributed by atoms with Crippen molar-refractivity contribution in [1.29, 1.82) is 0 Å². The lowest BCUT2D eigenvalue weighted by molar-refractivity contribution is -0.133. The van der Waals surface area contributed by atoms with Crippen molar-refractivity contribution in [1.82, 2.24) is 0 Å². The van der Waals surface area contributed by atoms with Gasteiger partial charge in [-0.15, -0.1) is 0 Å². The highest BCUT2D eigenvalue weighted by Crippen LogP contribution is 2.39. The van der Waals surface area contributed by atoms with E-state index in [4.69, 9.17) is 21.2 Å². The highest BCUT2D eigenvalue weighted by molar-refractivity contribution is 7.91. The molecule has 2 heterocycles. The molecule has 2 unspecified atom stereocenters. The van der Waals surface area contributed by atoms with E-state index in [2.05, 4.69) is 5.16 Å². The van der Waals surface area contributed by atoms with E-state index >= 15 is 0 Å². The third kappa shape index (κ3) is 3.38. The van der Waals surface area contributed by atoms with Crippen molar-refractivity contribution in [2.75, 3.05) is 12.4 Å². The summed E-state index contributed by atoms with van der Waals surface area (Å²) in [5.74, 6) is -3.49. The van der Waals surface area contributed by atoms with Crippen LogP contribution >= 0.6 is 11.6 Å². The number of oxime groups is 1. The summed E-state index contributed by atoms with van der Waals surface area (Å²) >= 11 is 6.57. The van der Waals surface area contributed by atoms with Gasteiger partial charge in [-0.1, -0.05) is 23.7 Å². The Morgan fingerprint density at radius 3 is 2.60 bits per heavy atom. The highest BCUT2D eigenvalue weighted by Gasteiger charge is 2.44. The molecule has 0 aromatic heterocycles. The first kappa shape index (κ1) is 21.1. The van der Waals surface area contributed by atoms with Crippen LogP contribution in [0.4, 0.5) is 0 Å². The Hall–Kier alpha value is -2.10. The molecular weight excluding hydrogens is 434 g/mol. The number of ketones is 3. The largest absolute Gasteiger partial charge is 0.363 e. The molecule has 0 spiro atoms. The van der Waals surface area contributed by atoms with Crippen LogP contribution in [0.1, 0.15) is 48.5 Å². The molecule has 0 N–H and O–H groups in total. The van der Waals surface area contributed by atoms with Gasteiger partial charge >= 0.3 is 0 Å². The van der Waals surface area contributed by atoms with Crippen LogP contribution in [-0.2, 0) is 29.0 Å². The molecule has 160 valence electrons. The number of carbonyl (C=O) groups excluding carboxylic acids is 3. The number of Topliss-reactive ketones (excluding diaryl/α,β-unsaturated/α-hetero) is 3. The zero-order chi connectivity index (χ0) is 21.6. The zero-order valence-corrected chi connectivity index (χ0v) is 17.8. The number of benzene rings is 1. The first-order chi connectivity index (χ1) is 14.3. The van der Waals surface area contributed by atoms with Gasteiger partial charge in [0.2, 0.25) is 6.29 Å². The molecule has 1 saturated heterocycles. The van der Waals surface area contributed by atoms with E-state index in [-0.39, 0.29) is 45.6 Å². The monoisotopic (exact) mass is 453 g/mol. The lowest BCUT2D eigenvalue weighted by Gasteiger charge is -2.21. The van der Waals surface area contributed by atoms with Crippen LogP contribution < -0.4 is 0 Å². The van der Waals surface area contributed by atoms with E-state index < -0.39 is 39.4 Å². The Bertz CT molecular complexity index is 1060. The van der Waals surface area contributed by atoms with E-state index in [1.54, 1.807) is 0 Å². The minimum absolute atomic E-state index is 0.0669. The summed E-state index contributed by atoms with van der Waals surface area (Å²) in [5.41, 5.74) is 0.309. The van der Waals surface area contributed by atoms with Gasteiger partial charge in [-0.25, -0.2) is 8.42 Å². The summed E-state index contributed by atoms with van der Waals surface area (Å²) in [5, 5.41) is 3.86. The van der Waals surface area contributed by atoms with Crippen molar-refractivity contribution in [3.05, 3.63) is 28.3 Å². The summed E-state index contributed by atoms with van der Waals surface area (Å²) in [4.78, 5) is 42.8. The molecule has 8 nitrogen and oxygen atoms in total. The molecule has 2 atom stereocenters. The summed E-state index contributed by atoms with van der Waals surface area (Å²) in [6.45, 7) is 1.92. The van der Waals surface area contributed by atoms with Crippen LogP contribution in [0, 0.1) is 11.8 Å². The standard InChI is InChI=1S/C20H20ClNO7S/c1-2-30(26,27)14-7-6-10(19(25)15-12(23)4-3-5-13(15)24)17(21)16(14)18-11-8-9-28-20(11)29-22-18/h6-7,11,15,20H,2-5,8-9H2,1H3. The summed E-state index contributed by atoms with van der Waals surface area (Å²) in [7, 11) is -3.71. The van der Waals surface area contributed by atoms with E-state index in [0.29, 0.717) is 25.2 Å². The van der Waals surface area contributed by atoms with Crippen molar-refractivity contribution in [2.45, 2.75) is 43.8 Å². The van der Waals surface area contributed by atoms with Crippen molar-refractivity contribution >= 4 is 44.5 Å². The summed E-state index contributed by atoms with van der Waals surface area (Å²) < 4.78 is 30.9. The summed E-state index contributed by atoms with van der Waals surface area (Å²) in [6.07, 6.45) is 0.649. The molecular formula is C20H20ClNO7S. The zero-order valence-electron chi connectivity index (χ0n) is 16.2. The summed E-state index contributed by atoms with van der Waals surface area (Å²) in [6, 6.07) is 2.56. The van der Waals surface area contributed by atoms with Gasteiger partial charge in [-0.2, -0.15) is 0 Å². The maximum Gasteiger partial charge on any atom is 0.235 e. The second-order valence-electron chi connectivity index (χ2n) is 7.50. The van der Waals surface area contributed by atoms with Gasteiger partial charge < -0.3 is 9.57 Å². The van der Waals surface area contributed by atoms with Gasteiger partial charge in [-0.05, 0) is 25.0 Å². The normalized spacial score (nSPS) is 24.5. The molecule has 0 amide bonds. The van der Waals surface area contributed by atoms with E-state index in [0.717, 1.165) is 0 Å². The number of hydrogen-bond acceptors (Lipinski definition) is 8. The minimum atomic E-state index is -3.71. The van der Waals surface area contributed by atoms with Crippen LogP contribution in [0.5, 0.6) is 0 Å². The van der Waals surface area contributed by atoms with Gasteiger partial charge in [0.05, 0.1) is 33.9 Å². The van der Waals surface area contributed by atoms with Gasteiger partial charge in [0.15, 0.2) is 27.2 Å². The molecule has 1 aromatic rings. The van der Waals surface area contributed by atoms with Crippen LogP contribution in [-0.4, -0.2) is 50.1 Å². The van der Waals surface area contributed by atoms with E-state index in [1.165, 1.54) is 19.1 Å². The van der Waals surface area contributed by atoms with Gasteiger partial charge in [0, 0.05) is 24.0 Å². The minimum Gasteiger partial charge on any atom is -0.363 e. The predicted molar refractivity (Wildman–Crippen MR) is 106 cm³/mol. The van der Waals surface area contributed by atoms with Crippen molar-refractivity contribution in [2.24, 2.45) is 17.0 Å². The van der Waals surface area contributed by atoms with Crippen LogP contribution in [0.3, 0.4) is 0 Å². The predicted octanol–water partition coefficient (Wildman–Crippen LogP) is 2.35. The fourth-order valence-corrected chi connectivity index (χ4v) is 5.61. The quantitative estimate of drug-likeness (QED) is 0.496. The Labute approximate surface area is 178 Å². The number of nitrogens with zero attached hydrogens (tertiary/aromatic N) is 1. The Morgan fingerprint density at radius 2 is 1.93 bits per heavy atom. The van der Waals surface area contributed by atoms with Crippen LogP contribution in [0.25, 0.3) is 0 Å². The molecule has 2 fully saturated rings. The SMILES string of the molecule is CCS(=O)(=O)c1ccc(C(=O)C2C(=O)CCCC2=O)c(Cl)c1C1=NOC2OCCC12. The molecule has 0 bridgehead atoms. The van der Waals surface area contributed by atoms with Crippen LogP contribution in [0.2, 0.25) is 5.02 Å². The van der Waals surface area contributed by atoms with Gasteiger partial charge in [0.1, 0.15) is 5.92 Å². The lowest BCUT2D eigenvalue weighted by atomic mass is 9.81. The van der Waals surface area contributed by atoms with E-state index in [9.17, 15) is 22.8 Å². The number of rotatable bonds is 5. The number of fused-ring (bicyclic) bond motifs is 1. The average Bonchev–Trinajstić information content (AvgIpc) is 3.31. The van der Waals surface area contributed by atoms with Gasteiger partial charge in [0.25, 0.3) is 0 Å². The second kappa shape index (κ2) is 7.86. The molecule has 3 aliphatic rings. The lowest BCUT2D eigenvalue weighted by Crippen LogP contribution is -2.35. The fourth-order valence-electron chi connectivity index (χ4n) is 4.10. The second-order valence-corrected chi connectivity index (χ2v) is 10.1. The number of carbonyl (C=O) groups is 3. The molecule has 10 heteroatoms. The molecule has 2 aliphatic heterocycles. The maximum absolute atomic E-state index is 13.1. The highest BCUT2D eigenvalue weighted by atomic mass is 35.5. The smallest absolute Gasteiger partial charge is 0.235 e. The average molecular weight is 454 g/mol. The van der Waals surface area contributed by atoms with E-state index in [1.807, 2.05) is 0 Å². The van der Waals surface area contributed by atoms with Crippen molar-refractivity contribution in [3.8, 4) is 0 Å². The first-order valence-electron chi connectivity index (χ1n) is 9.76. The topological polar surface area (TPSA) is 116 Å². The molecule has 30 heavy (non-hydrogen) atoms. The number of halogens is 1. The first-order valence-corrected chi connectivity index (χ1v) is 11.8. The number of sulfone groups is 1. The Balaban J connectivity index is 1.86. The molecule has 4 rings (SSSR count). The fraction of sp³-hybridized carbons (Fsp3) is 0.500. The molecule has 0 radical (unpaired) electrons. The molecule has 1 saturated carbocycles. The molecule has 1 aliphatic carbocycles. The maximum atomic E-state index is 13.1. The third-order valence-electron chi connectivity index (χ3n) is 5.74. The number of ether oxygens (including phenoxy) is 1. The van der Waals surface area contributed by atoms with Crippen LogP contribution in [0.15, 0.2) is 22.2 Å². The Morgan fingerprint density at radius 1 is 1.23 bits per heavy atom.